The molecule has 1 heterocycles. The molecule has 3 rings (SSSR count). The quantitative estimate of drug-likeness (QED) is 0.673. The van der Waals surface area contributed by atoms with E-state index < -0.39 is 12.0 Å². The number of carbonyl (C=O) groups excluding carboxylic acids is 1. The lowest BCUT2D eigenvalue weighted by Gasteiger charge is -2.19. The zero-order chi connectivity index (χ0) is 17.1. The Balaban J connectivity index is 1.93. The number of carboxylic acid groups (broad SMARTS) is 1. The Morgan fingerprint density at radius 1 is 1.12 bits per heavy atom. The Bertz CT molecular complexity index is 898. The fraction of sp³-hybridized carbons (Fsp3) is 0.158. The summed E-state index contributed by atoms with van der Waals surface area (Å²) in [6, 6.07) is 14.2. The van der Waals surface area contributed by atoms with Gasteiger partial charge in [0.05, 0.1) is 23.5 Å². The lowest BCUT2D eigenvalue weighted by molar-refractivity contribution is -0.137. The van der Waals surface area contributed by atoms with E-state index in [0.29, 0.717) is 5.56 Å². The molecule has 5 heteroatoms. The molecule has 3 N–H and O–H groups in total. The first-order valence-electron chi connectivity index (χ1n) is 7.70. The van der Waals surface area contributed by atoms with E-state index in [4.69, 9.17) is 0 Å². The highest BCUT2D eigenvalue weighted by molar-refractivity contribution is 6.05. The third-order valence-corrected chi connectivity index (χ3v) is 4.08. The van der Waals surface area contributed by atoms with Crippen LogP contribution < -0.4 is 5.32 Å². The number of carbonyl (C=O) groups is 2. The van der Waals surface area contributed by atoms with Crippen LogP contribution in [0.15, 0.2) is 54.7 Å². The third-order valence-electron chi connectivity index (χ3n) is 4.08. The largest absolute Gasteiger partial charge is 0.481 e. The van der Waals surface area contributed by atoms with Gasteiger partial charge in [-0.05, 0) is 30.2 Å². The maximum atomic E-state index is 12.7. The molecule has 1 amide bonds. The molecule has 0 fully saturated rings. The number of aliphatic carboxylic acids is 1. The van der Waals surface area contributed by atoms with E-state index in [1.54, 1.807) is 12.3 Å². The van der Waals surface area contributed by atoms with E-state index in [1.165, 1.54) is 0 Å². The van der Waals surface area contributed by atoms with Crippen LogP contribution in [0.4, 0.5) is 0 Å². The number of para-hydroxylation sites is 1. The topological polar surface area (TPSA) is 82.2 Å². The number of fused-ring (bicyclic) bond motifs is 1. The van der Waals surface area contributed by atoms with Crippen molar-refractivity contribution in [1.29, 1.82) is 0 Å². The van der Waals surface area contributed by atoms with Gasteiger partial charge >= 0.3 is 5.97 Å². The van der Waals surface area contributed by atoms with Gasteiger partial charge in [0, 0.05) is 11.6 Å². The summed E-state index contributed by atoms with van der Waals surface area (Å²) in [5.74, 6) is -1.25. The van der Waals surface area contributed by atoms with Gasteiger partial charge in [0.2, 0.25) is 0 Å². The van der Waals surface area contributed by atoms with Crippen LogP contribution in [-0.4, -0.2) is 22.0 Å². The van der Waals surface area contributed by atoms with Gasteiger partial charge < -0.3 is 15.4 Å². The molecular formula is C19H18N2O3. The average molecular weight is 322 g/mol. The summed E-state index contributed by atoms with van der Waals surface area (Å²) >= 11 is 0. The minimum atomic E-state index is -0.957. The van der Waals surface area contributed by atoms with Gasteiger partial charge in [-0.15, -0.1) is 0 Å². The summed E-state index contributed by atoms with van der Waals surface area (Å²) in [5, 5.41) is 13.0. The van der Waals surface area contributed by atoms with Gasteiger partial charge in [0.15, 0.2) is 0 Å². The number of benzene rings is 2. The predicted octanol–water partition coefficient (Wildman–Crippen LogP) is 3.42. The molecule has 0 aliphatic heterocycles. The molecule has 5 nitrogen and oxygen atoms in total. The van der Waals surface area contributed by atoms with E-state index in [9.17, 15) is 14.7 Å². The molecule has 0 aliphatic carbocycles. The van der Waals surface area contributed by atoms with Gasteiger partial charge in [-0.1, -0.05) is 36.4 Å². The minimum absolute atomic E-state index is 0.169. The molecule has 0 saturated carbocycles. The van der Waals surface area contributed by atoms with Gasteiger partial charge in [-0.25, -0.2) is 0 Å². The molecule has 24 heavy (non-hydrogen) atoms. The number of aryl methyl sites for hydroxylation is 1. The molecule has 0 radical (unpaired) electrons. The molecule has 0 saturated heterocycles. The molecule has 1 aromatic heterocycles. The van der Waals surface area contributed by atoms with Crippen molar-refractivity contribution in [3.05, 3.63) is 71.4 Å². The van der Waals surface area contributed by atoms with Crippen LogP contribution in [0, 0.1) is 6.92 Å². The fourth-order valence-corrected chi connectivity index (χ4v) is 2.90. The van der Waals surface area contributed by atoms with Crippen molar-refractivity contribution in [3.63, 3.8) is 0 Å². The molecule has 0 spiro atoms. The molecule has 0 unspecified atom stereocenters. The van der Waals surface area contributed by atoms with E-state index in [1.807, 2.05) is 49.4 Å². The second-order valence-corrected chi connectivity index (χ2v) is 5.73. The summed E-state index contributed by atoms with van der Waals surface area (Å²) in [5.41, 5.74) is 3.00. The van der Waals surface area contributed by atoms with Crippen LogP contribution in [-0.2, 0) is 4.79 Å². The number of carboxylic acids is 1. The lowest BCUT2D eigenvalue weighted by atomic mass is 9.98. The van der Waals surface area contributed by atoms with Crippen molar-refractivity contribution in [3.8, 4) is 0 Å². The fourth-order valence-electron chi connectivity index (χ4n) is 2.90. The van der Waals surface area contributed by atoms with Gasteiger partial charge in [-0.3, -0.25) is 9.59 Å². The number of hydrogen-bond donors (Lipinski definition) is 3. The third kappa shape index (κ3) is 3.15. The highest BCUT2D eigenvalue weighted by atomic mass is 16.4. The smallest absolute Gasteiger partial charge is 0.305 e. The highest BCUT2D eigenvalue weighted by Crippen LogP contribution is 2.23. The predicted molar refractivity (Wildman–Crippen MR) is 91.9 cm³/mol. The van der Waals surface area contributed by atoms with Crippen molar-refractivity contribution in [1.82, 2.24) is 10.3 Å². The average Bonchev–Trinajstić information content (AvgIpc) is 3.02. The Morgan fingerprint density at radius 2 is 1.92 bits per heavy atom. The first-order chi connectivity index (χ1) is 11.6. The van der Waals surface area contributed by atoms with Crippen LogP contribution in [0.3, 0.4) is 0 Å². The van der Waals surface area contributed by atoms with Gasteiger partial charge in [-0.2, -0.15) is 0 Å². The highest BCUT2D eigenvalue weighted by Gasteiger charge is 2.21. The number of H-pyrrole nitrogens is 1. The van der Waals surface area contributed by atoms with Crippen LogP contribution in [0.2, 0.25) is 0 Å². The summed E-state index contributed by atoms with van der Waals surface area (Å²) in [6.45, 7) is 1.90. The Kier molecular flexibility index (Phi) is 4.33. The first kappa shape index (κ1) is 15.8. The summed E-state index contributed by atoms with van der Waals surface area (Å²) < 4.78 is 0. The second kappa shape index (κ2) is 6.58. The minimum Gasteiger partial charge on any atom is -0.481 e. The number of hydrogen-bond acceptors (Lipinski definition) is 2. The van der Waals surface area contributed by atoms with Crippen molar-refractivity contribution in [2.75, 3.05) is 0 Å². The normalized spacial score (nSPS) is 12.0. The number of nitrogens with one attached hydrogen (secondary N) is 2. The molecule has 0 aliphatic rings. The van der Waals surface area contributed by atoms with Crippen molar-refractivity contribution in [2.24, 2.45) is 0 Å². The first-order valence-corrected chi connectivity index (χ1v) is 7.70. The number of aromatic amines is 1. The number of aromatic nitrogens is 1. The maximum absolute atomic E-state index is 12.7. The van der Waals surface area contributed by atoms with Gasteiger partial charge in [0.25, 0.3) is 5.91 Å². The summed E-state index contributed by atoms with van der Waals surface area (Å²) in [7, 11) is 0. The van der Waals surface area contributed by atoms with E-state index in [2.05, 4.69) is 10.3 Å². The van der Waals surface area contributed by atoms with Crippen molar-refractivity contribution < 1.29 is 14.7 Å². The molecule has 1 atom stereocenters. The number of rotatable bonds is 5. The standard InChI is InChI=1S/C19H18N2O3/c1-12-5-2-3-7-14(12)16(11-17(22)23)21-19(24)15-8-4-6-13-9-10-20-18(13)15/h2-10,16,20H,11H2,1H3,(H,21,24)(H,22,23)/t16-/m1/s1. The van der Waals surface area contributed by atoms with E-state index in [0.717, 1.165) is 22.0 Å². The molecule has 3 aromatic rings. The zero-order valence-electron chi connectivity index (χ0n) is 13.2. The van der Waals surface area contributed by atoms with Crippen molar-refractivity contribution in [2.45, 2.75) is 19.4 Å². The van der Waals surface area contributed by atoms with Crippen LogP contribution in [0.25, 0.3) is 10.9 Å². The zero-order valence-corrected chi connectivity index (χ0v) is 13.2. The summed E-state index contributed by atoms with van der Waals surface area (Å²) in [6.07, 6.45) is 1.61. The summed E-state index contributed by atoms with van der Waals surface area (Å²) in [4.78, 5) is 27.0. The van der Waals surface area contributed by atoms with Gasteiger partial charge in [0.1, 0.15) is 0 Å². The second-order valence-electron chi connectivity index (χ2n) is 5.73. The number of amides is 1. The molecule has 122 valence electrons. The Hall–Kier alpha value is -3.08. The molecule has 0 bridgehead atoms. The van der Waals surface area contributed by atoms with E-state index in [-0.39, 0.29) is 12.3 Å². The van der Waals surface area contributed by atoms with Crippen LogP contribution in [0.5, 0.6) is 0 Å². The van der Waals surface area contributed by atoms with Crippen LogP contribution in [0.1, 0.15) is 33.9 Å². The lowest BCUT2D eigenvalue weighted by Crippen LogP contribution is -2.30. The molecular weight excluding hydrogens is 304 g/mol. The SMILES string of the molecule is Cc1ccccc1[C@@H](CC(=O)O)NC(=O)c1cccc2cc[nH]c12. The Labute approximate surface area is 139 Å². The van der Waals surface area contributed by atoms with Crippen molar-refractivity contribution >= 4 is 22.8 Å². The maximum Gasteiger partial charge on any atom is 0.305 e. The van der Waals surface area contributed by atoms with Crippen LogP contribution >= 0.6 is 0 Å². The monoisotopic (exact) mass is 322 g/mol. The Morgan fingerprint density at radius 3 is 2.67 bits per heavy atom. The van der Waals surface area contributed by atoms with E-state index >= 15 is 0 Å². The molecule has 2 aromatic carbocycles.